The van der Waals surface area contributed by atoms with Gasteiger partial charge in [0.15, 0.2) is 5.96 Å². The molecule has 160 valence electrons. The number of oxazole rings is 1. The van der Waals surface area contributed by atoms with Crippen LogP contribution in [0.5, 0.6) is 0 Å². The number of ether oxygens (including phenoxy) is 2. The molecule has 2 aromatic rings. The third-order valence-electron chi connectivity index (χ3n) is 4.80. The standard InChI is InChI=1S/C21H30N4O3.HI/c1-22-21(25-11-9-19(10-12-25)27-14-6-13-26-2)23-15-18-16-28-20(24-18)17-7-4-3-5-8-17;/h3-5,7-8,16,19H,6,9-15H2,1-2H3,(H,22,23);1H. The number of piperidine rings is 1. The first-order valence-corrected chi connectivity index (χ1v) is 9.86. The van der Waals surface area contributed by atoms with Crippen molar-refractivity contribution in [1.82, 2.24) is 15.2 Å². The van der Waals surface area contributed by atoms with Crippen molar-refractivity contribution in [3.05, 3.63) is 42.3 Å². The Hall–Kier alpha value is -1.65. The molecule has 2 heterocycles. The summed E-state index contributed by atoms with van der Waals surface area (Å²) in [5, 5.41) is 3.39. The van der Waals surface area contributed by atoms with E-state index in [4.69, 9.17) is 13.9 Å². The molecule has 1 aromatic carbocycles. The molecule has 0 bridgehead atoms. The fourth-order valence-corrected chi connectivity index (χ4v) is 3.29. The summed E-state index contributed by atoms with van der Waals surface area (Å²) in [6, 6.07) is 9.91. The van der Waals surface area contributed by atoms with Gasteiger partial charge in [-0.3, -0.25) is 4.99 Å². The maximum Gasteiger partial charge on any atom is 0.226 e. The Morgan fingerprint density at radius 2 is 2.00 bits per heavy atom. The van der Waals surface area contributed by atoms with Crippen molar-refractivity contribution in [3.63, 3.8) is 0 Å². The Morgan fingerprint density at radius 1 is 1.24 bits per heavy atom. The molecule has 0 spiro atoms. The van der Waals surface area contributed by atoms with Gasteiger partial charge < -0.3 is 24.1 Å². The first kappa shape index (κ1) is 23.6. The molecule has 1 saturated heterocycles. The van der Waals surface area contributed by atoms with Crippen LogP contribution < -0.4 is 5.32 Å². The fraction of sp³-hybridized carbons (Fsp3) is 0.524. The smallest absolute Gasteiger partial charge is 0.226 e. The maximum absolute atomic E-state index is 5.93. The van der Waals surface area contributed by atoms with Crippen molar-refractivity contribution in [3.8, 4) is 11.5 Å². The Morgan fingerprint density at radius 3 is 2.69 bits per heavy atom. The molecule has 1 aliphatic heterocycles. The number of aliphatic imine (C=N–C) groups is 1. The lowest BCUT2D eigenvalue weighted by atomic mass is 10.1. The molecular formula is C21H31IN4O3. The molecule has 0 unspecified atom stereocenters. The number of hydrogen-bond donors (Lipinski definition) is 1. The summed E-state index contributed by atoms with van der Waals surface area (Å²) in [5.41, 5.74) is 1.84. The lowest BCUT2D eigenvalue weighted by Gasteiger charge is -2.34. The average molecular weight is 514 g/mol. The molecule has 0 saturated carbocycles. The van der Waals surface area contributed by atoms with E-state index >= 15 is 0 Å². The van der Waals surface area contributed by atoms with Gasteiger partial charge in [-0.15, -0.1) is 24.0 Å². The van der Waals surface area contributed by atoms with E-state index < -0.39 is 0 Å². The van der Waals surface area contributed by atoms with E-state index in [1.165, 1.54) is 0 Å². The van der Waals surface area contributed by atoms with Crippen LogP contribution in [0.4, 0.5) is 0 Å². The summed E-state index contributed by atoms with van der Waals surface area (Å²) < 4.78 is 16.6. The minimum Gasteiger partial charge on any atom is -0.444 e. The molecule has 0 aliphatic carbocycles. The number of rotatable bonds is 8. The first-order valence-electron chi connectivity index (χ1n) is 9.86. The lowest BCUT2D eigenvalue weighted by Crippen LogP contribution is -2.46. The van der Waals surface area contributed by atoms with Crippen LogP contribution in [0.1, 0.15) is 25.0 Å². The summed E-state index contributed by atoms with van der Waals surface area (Å²) in [4.78, 5) is 11.2. The van der Waals surface area contributed by atoms with Crippen LogP contribution in [-0.2, 0) is 16.0 Å². The number of aromatic nitrogens is 1. The van der Waals surface area contributed by atoms with Crippen molar-refractivity contribution < 1.29 is 13.9 Å². The molecule has 1 aliphatic rings. The van der Waals surface area contributed by atoms with Gasteiger partial charge >= 0.3 is 0 Å². The summed E-state index contributed by atoms with van der Waals surface area (Å²) in [7, 11) is 3.53. The maximum atomic E-state index is 5.93. The van der Waals surface area contributed by atoms with Gasteiger partial charge in [0.2, 0.25) is 5.89 Å². The third-order valence-corrected chi connectivity index (χ3v) is 4.80. The highest BCUT2D eigenvalue weighted by Crippen LogP contribution is 2.18. The van der Waals surface area contributed by atoms with Crippen molar-refractivity contribution >= 4 is 29.9 Å². The highest BCUT2D eigenvalue weighted by atomic mass is 127. The van der Waals surface area contributed by atoms with Crippen molar-refractivity contribution in [1.29, 1.82) is 0 Å². The monoisotopic (exact) mass is 514 g/mol. The van der Waals surface area contributed by atoms with Gasteiger partial charge in [-0.1, -0.05) is 18.2 Å². The van der Waals surface area contributed by atoms with E-state index in [9.17, 15) is 0 Å². The molecule has 0 atom stereocenters. The molecule has 1 N–H and O–H groups in total. The van der Waals surface area contributed by atoms with Gasteiger partial charge in [-0.05, 0) is 31.4 Å². The Balaban J connectivity index is 0.00000300. The Kier molecular flexibility index (Phi) is 10.4. The number of nitrogens with zero attached hydrogens (tertiary/aromatic N) is 3. The van der Waals surface area contributed by atoms with Gasteiger partial charge in [-0.25, -0.2) is 4.98 Å². The van der Waals surface area contributed by atoms with Crippen LogP contribution >= 0.6 is 24.0 Å². The molecule has 0 radical (unpaired) electrons. The number of methoxy groups -OCH3 is 1. The molecule has 29 heavy (non-hydrogen) atoms. The SMILES string of the molecule is CN=C(NCc1coc(-c2ccccc2)n1)N1CCC(OCCCOC)CC1.I. The predicted octanol–water partition coefficient (Wildman–Crippen LogP) is 3.55. The molecule has 8 heteroatoms. The van der Waals surface area contributed by atoms with Crippen LogP contribution in [0.15, 0.2) is 46.0 Å². The van der Waals surface area contributed by atoms with E-state index in [0.717, 1.165) is 62.8 Å². The topological polar surface area (TPSA) is 72.1 Å². The quantitative estimate of drug-likeness (QED) is 0.252. The second-order valence-corrected chi connectivity index (χ2v) is 6.81. The second kappa shape index (κ2) is 12.8. The van der Waals surface area contributed by atoms with Crippen LogP contribution in [0, 0.1) is 0 Å². The first-order chi connectivity index (χ1) is 13.8. The van der Waals surface area contributed by atoms with E-state index in [-0.39, 0.29) is 24.0 Å². The van der Waals surface area contributed by atoms with E-state index in [1.807, 2.05) is 37.4 Å². The number of likely N-dealkylation sites (tertiary alicyclic amines) is 1. The van der Waals surface area contributed by atoms with E-state index in [1.54, 1.807) is 13.4 Å². The largest absolute Gasteiger partial charge is 0.444 e. The summed E-state index contributed by atoms with van der Waals surface area (Å²) >= 11 is 0. The van der Waals surface area contributed by atoms with Crippen LogP contribution in [-0.4, -0.2) is 62.4 Å². The minimum absolute atomic E-state index is 0. The number of guanidine groups is 1. The fourth-order valence-electron chi connectivity index (χ4n) is 3.29. The molecule has 1 aromatic heterocycles. The average Bonchev–Trinajstić information content (AvgIpc) is 3.22. The van der Waals surface area contributed by atoms with Gasteiger partial charge in [0.25, 0.3) is 0 Å². The molecule has 3 rings (SSSR count). The molecule has 0 amide bonds. The second-order valence-electron chi connectivity index (χ2n) is 6.81. The lowest BCUT2D eigenvalue weighted by molar-refractivity contribution is 0.00989. The van der Waals surface area contributed by atoms with Crippen LogP contribution in [0.2, 0.25) is 0 Å². The molecular weight excluding hydrogens is 483 g/mol. The van der Waals surface area contributed by atoms with E-state index in [2.05, 4.69) is 20.2 Å². The summed E-state index contributed by atoms with van der Waals surface area (Å²) in [5.74, 6) is 1.53. The number of nitrogens with one attached hydrogen (secondary N) is 1. The van der Waals surface area contributed by atoms with E-state index in [0.29, 0.717) is 18.5 Å². The Bertz CT molecular complexity index is 731. The third kappa shape index (κ3) is 7.27. The van der Waals surface area contributed by atoms with Gasteiger partial charge in [-0.2, -0.15) is 0 Å². The highest BCUT2D eigenvalue weighted by Gasteiger charge is 2.22. The predicted molar refractivity (Wildman–Crippen MR) is 125 cm³/mol. The highest BCUT2D eigenvalue weighted by molar-refractivity contribution is 14.0. The summed E-state index contributed by atoms with van der Waals surface area (Å²) in [6.07, 6.45) is 4.99. The van der Waals surface area contributed by atoms with Gasteiger partial charge in [0.1, 0.15) is 6.26 Å². The van der Waals surface area contributed by atoms with Crippen LogP contribution in [0.3, 0.4) is 0 Å². The van der Waals surface area contributed by atoms with Crippen molar-refractivity contribution in [2.45, 2.75) is 31.9 Å². The normalized spacial score (nSPS) is 15.2. The van der Waals surface area contributed by atoms with Crippen LogP contribution in [0.25, 0.3) is 11.5 Å². The Labute approximate surface area is 189 Å². The summed E-state index contributed by atoms with van der Waals surface area (Å²) in [6.45, 7) is 3.96. The minimum atomic E-state index is 0. The van der Waals surface area contributed by atoms with Gasteiger partial charge in [0.05, 0.1) is 18.3 Å². The van der Waals surface area contributed by atoms with Gasteiger partial charge in [0, 0.05) is 46.0 Å². The number of halogens is 1. The number of benzene rings is 1. The van der Waals surface area contributed by atoms with Crippen molar-refractivity contribution in [2.24, 2.45) is 4.99 Å². The number of hydrogen-bond acceptors (Lipinski definition) is 5. The molecule has 7 nitrogen and oxygen atoms in total. The zero-order chi connectivity index (χ0) is 19.6. The zero-order valence-corrected chi connectivity index (χ0v) is 19.5. The zero-order valence-electron chi connectivity index (χ0n) is 17.2. The van der Waals surface area contributed by atoms with Crippen molar-refractivity contribution in [2.75, 3.05) is 40.5 Å². The molecule has 1 fully saturated rings.